The summed E-state index contributed by atoms with van der Waals surface area (Å²) in [5, 5.41) is 22.4. The van der Waals surface area contributed by atoms with Gasteiger partial charge >= 0.3 is 5.97 Å². The number of aromatic nitrogens is 1. The summed E-state index contributed by atoms with van der Waals surface area (Å²) in [6.07, 6.45) is 1.51. The topological polar surface area (TPSA) is 109 Å². The summed E-state index contributed by atoms with van der Waals surface area (Å²) in [5.41, 5.74) is 2.02. The van der Waals surface area contributed by atoms with Gasteiger partial charge in [-0.3, -0.25) is 34.3 Å². The summed E-state index contributed by atoms with van der Waals surface area (Å²) < 4.78 is 1.82. The first kappa shape index (κ1) is 19.2. The van der Waals surface area contributed by atoms with Crippen LogP contribution in [-0.4, -0.2) is 33.6 Å². The predicted octanol–water partition coefficient (Wildman–Crippen LogP) is 3.47. The van der Waals surface area contributed by atoms with Gasteiger partial charge in [0.2, 0.25) is 0 Å². The Morgan fingerprint density at radius 1 is 1.03 bits per heavy atom. The molecule has 1 unspecified atom stereocenters. The standard InChI is InChI=1S/C21H18N4O5/c1-22-16-5-2-3-6-18(16)24(19(13-20(26)27)17-7-4-12-23(17)22)21(28)14-8-10-15(11-9-14)25(29)30/h2-12,19H,13H2,1H3,(H,26,27). The van der Waals surface area contributed by atoms with E-state index >= 15 is 0 Å². The molecule has 3 aromatic rings. The molecule has 152 valence electrons. The quantitative estimate of drug-likeness (QED) is 0.525. The molecule has 0 saturated heterocycles. The fourth-order valence-electron chi connectivity index (χ4n) is 3.76. The van der Waals surface area contributed by atoms with Gasteiger partial charge in [-0.1, -0.05) is 12.1 Å². The van der Waals surface area contributed by atoms with Gasteiger partial charge in [0.15, 0.2) is 0 Å². The molecule has 2 aromatic carbocycles. The number of hydrogen-bond donors (Lipinski definition) is 1. The molecule has 30 heavy (non-hydrogen) atoms. The van der Waals surface area contributed by atoms with Crippen LogP contribution in [0.1, 0.15) is 28.5 Å². The number of nitro groups is 1. The number of nitrogens with zero attached hydrogens (tertiary/aromatic N) is 4. The van der Waals surface area contributed by atoms with Gasteiger partial charge in [0.1, 0.15) is 0 Å². The second kappa shape index (κ2) is 7.36. The minimum absolute atomic E-state index is 0.126. The maximum Gasteiger partial charge on any atom is 0.305 e. The number of carbonyl (C=O) groups is 2. The molecule has 4 rings (SSSR count). The molecule has 0 fully saturated rings. The van der Waals surface area contributed by atoms with Crippen molar-refractivity contribution in [3.63, 3.8) is 0 Å². The summed E-state index contributed by atoms with van der Waals surface area (Å²) >= 11 is 0. The molecule has 1 aliphatic heterocycles. The number of fused-ring (bicyclic) bond motifs is 2. The van der Waals surface area contributed by atoms with Crippen molar-refractivity contribution in [2.75, 3.05) is 17.0 Å². The highest BCUT2D eigenvalue weighted by molar-refractivity contribution is 6.09. The fraction of sp³-hybridized carbons (Fsp3) is 0.143. The van der Waals surface area contributed by atoms with E-state index in [-0.39, 0.29) is 17.7 Å². The SMILES string of the molecule is CN1c2ccccc2N(C(=O)c2ccc([N+](=O)[O-])cc2)C(CC(=O)O)c2cccn21. The van der Waals surface area contributed by atoms with Crippen molar-refractivity contribution in [3.8, 4) is 0 Å². The van der Waals surface area contributed by atoms with Crippen LogP contribution in [0.15, 0.2) is 66.9 Å². The van der Waals surface area contributed by atoms with E-state index in [1.54, 1.807) is 30.5 Å². The van der Waals surface area contributed by atoms with Gasteiger partial charge in [0.05, 0.1) is 34.5 Å². The maximum atomic E-state index is 13.6. The van der Waals surface area contributed by atoms with Crippen molar-refractivity contribution in [2.24, 2.45) is 0 Å². The van der Waals surface area contributed by atoms with Crippen molar-refractivity contribution >= 4 is 28.9 Å². The molecule has 9 heteroatoms. The molecular formula is C21H18N4O5. The molecule has 1 N–H and O–H groups in total. The van der Waals surface area contributed by atoms with E-state index in [1.807, 2.05) is 28.9 Å². The second-order valence-electron chi connectivity index (χ2n) is 6.88. The Morgan fingerprint density at radius 2 is 1.70 bits per heavy atom. The van der Waals surface area contributed by atoms with Crippen molar-refractivity contribution in [3.05, 3.63) is 88.2 Å². The first-order valence-corrected chi connectivity index (χ1v) is 9.18. The minimum Gasteiger partial charge on any atom is -0.481 e. The van der Waals surface area contributed by atoms with Crippen LogP contribution in [0.5, 0.6) is 0 Å². The summed E-state index contributed by atoms with van der Waals surface area (Å²) in [6, 6.07) is 15.3. The number of anilines is 2. The average molecular weight is 406 g/mol. The Morgan fingerprint density at radius 3 is 2.33 bits per heavy atom. The van der Waals surface area contributed by atoms with E-state index in [4.69, 9.17) is 0 Å². The molecule has 0 saturated carbocycles. The highest BCUT2D eigenvalue weighted by atomic mass is 16.6. The normalized spacial score (nSPS) is 15.2. The van der Waals surface area contributed by atoms with Crippen molar-refractivity contribution in [2.45, 2.75) is 12.5 Å². The van der Waals surface area contributed by atoms with E-state index in [0.29, 0.717) is 11.4 Å². The van der Waals surface area contributed by atoms with Gasteiger partial charge in [-0.15, -0.1) is 0 Å². The summed E-state index contributed by atoms with van der Waals surface area (Å²) in [6.45, 7) is 0. The number of aliphatic carboxylic acids is 1. The Labute approximate surface area is 171 Å². The second-order valence-corrected chi connectivity index (χ2v) is 6.88. The Kier molecular flexibility index (Phi) is 4.71. The summed E-state index contributed by atoms with van der Waals surface area (Å²) in [5.74, 6) is -1.48. The van der Waals surface area contributed by atoms with E-state index in [9.17, 15) is 24.8 Å². The zero-order chi connectivity index (χ0) is 21.4. The molecule has 1 aromatic heterocycles. The van der Waals surface area contributed by atoms with Gasteiger partial charge in [0.25, 0.3) is 11.6 Å². The lowest BCUT2D eigenvalue weighted by Gasteiger charge is -2.30. The number of amides is 1. The third-order valence-electron chi connectivity index (χ3n) is 5.14. The molecule has 0 spiro atoms. The molecule has 0 radical (unpaired) electrons. The lowest BCUT2D eigenvalue weighted by Crippen LogP contribution is -2.36. The predicted molar refractivity (Wildman–Crippen MR) is 110 cm³/mol. The molecule has 1 amide bonds. The lowest BCUT2D eigenvalue weighted by molar-refractivity contribution is -0.384. The van der Waals surface area contributed by atoms with Crippen LogP contribution in [-0.2, 0) is 4.79 Å². The number of carboxylic acid groups (broad SMARTS) is 1. The Hall–Kier alpha value is -4.14. The third kappa shape index (κ3) is 3.16. The largest absolute Gasteiger partial charge is 0.481 e. The zero-order valence-electron chi connectivity index (χ0n) is 16.0. The van der Waals surface area contributed by atoms with Gasteiger partial charge in [-0.2, -0.15) is 0 Å². The highest BCUT2D eigenvalue weighted by Gasteiger charge is 2.36. The van der Waals surface area contributed by atoms with E-state index in [1.165, 1.54) is 29.2 Å². The van der Waals surface area contributed by atoms with Crippen LogP contribution in [0.2, 0.25) is 0 Å². The average Bonchev–Trinajstić information content (AvgIpc) is 3.19. The van der Waals surface area contributed by atoms with Gasteiger partial charge in [-0.25, -0.2) is 0 Å². The van der Waals surface area contributed by atoms with Gasteiger partial charge < -0.3 is 5.11 Å². The molecule has 1 aliphatic rings. The number of nitro benzene ring substituents is 1. The first-order valence-electron chi connectivity index (χ1n) is 9.18. The minimum atomic E-state index is -1.05. The Balaban J connectivity index is 1.89. The van der Waals surface area contributed by atoms with Crippen LogP contribution in [0.25, 0.3) is 0 Å². The van der Waals surface area contributed by atoms with Crippen LogP contribution in [0.3, 0.4) is 0 Å². The first-order chi connectivity index (χ1) is 14.4. The van der Waals surface area contributed by atoms with E-state index < -0.39 is 22.8 Å². The number of carbonyl (C=O) groups excluding carboxylic acids is 1. The number of non-ortho nitro benzene ring substituents is 1. The molecule has 0 bridgehead atoms. The van der Waals surface area contributed by atoms with Crippen LogP contribution < -0.4 is 9.91 Å². The summed E-state index contributed by atoms with van der Waals surface area (Å²) in [7, 11) is 1.83. The Bertz CT molecular complexity index is 1140. The molecule has 0 aliphatic carbocycles. The summed E-state index contributed by atoms with van der Waals surface area (Å²) in [4.78, 5) is 37.1. The van der Waals surface area contributed by atoms with E-state index in [2.05, 4.69) is 0 Å². The molecule has 2 heterocycles. The van der Waals surface area contributed by atoms with Crippen molar-refractivity contribution in [1.29, 1.82) is 0 Å². The van der Waals surface area contributed by atoms with Crippen LogP contribution >= 0.6 is 0 Å². The number of carboxylic acids is 1. The van der Waals surface area contributed by atoms with Crippen LogP contribution in [0.4, 0.5) is 17.1 Å². The third-order valence-corrected chi connectivity index (χ3v) is 5.14. The van der Waals surface area contributed by atoms with Crippen LogP contribution in [0, 0.1) is 10.1 Å². The molecule has 9 nitrogen and oxygen atoms in total. The van der Waals surface area contributed by atoms with E-state index in [0.717, 1.165) is 5.69 Å². The maximum absolute atomic E-state index is 13.6. The number of hydrogen-bond acceptors (Lipinski definition) is 5. The number of rotatable bonds is 4. The zero-order valence-corrected chi connectivity index (χ0v) is 16.0. The monoisotopic (exact) mass is 406 g/mol. The molecular weight excluding hydrogens is 388 g/mol. The van der Waals surface area contributed by atoms with Crippen molar-refractivity contribution in [1.82, 2.24) is 4.68 Å². The lowest BCUT2D eigenvalue weighted by atomic mass is 10.0. The fourth-order valence-corrected chi connectivity index (χ4v) is 3.76. The smallest absolute Gasteiger partial charge is 0.305 e. The number of benzene rings is 2. The molecule has 1 atom stereocenters. The highest BCUT2D eigenvalue weighted by Crippen LogP contribution is 2.41. The van der Waals surface area contributed by atoms with Gasteiger partial charge in [0, 0.05) is 30.9 Å². The van der Waals surface area contributed by atoms with Crippen molar-refractivity contribution < 1.29 is 19.6 Å². The van der Waals surface area contributed by atoms with Gasteiger partial charge in [-0.05, 0) is 36.4 Å². The number of para-hydroxylation sites is 2.